The van der Waals surface area contributed by atoms with Crippen LogP contribution in [0.15, 0.2) is 30.7 Å². The van der Waals surface area contributed by atoms with E-state index >= 15 is 0 Å². The highest BCUT2D eigenvalue weighted by Crippen LogP contribution is 2.34. The summed E-state index contributed by atoms with van der Waals surface area (Å²) in [5, 5.41) is 5.65. The molecule has 0 radical (unpaired) electrons. The van der Waals surface area contributed by atoms with E-state index in [2.05, 4.69) is 33.1 Å². The molecule has 0 bridgehead atoms. The van der Waals surface area contributed by atoms with Crippen molar-refractivity contribution < 1.29 is 4.74 Å². The van der Waals surface area contributed by atoms with Crippen LogP contribution in [0.2, 0.25) is 0 Å². The molecule has 168 valence electrons. The van der Waals surface area contributed by atoms with Gasteiger partial charge in [0.15, 0.2) is 0 Å². The highest BCUT2D eigenvalue weighted by Gasteiger charge is 2.21. The van der Waals surface area contributed by atoms with E-state index in [0.29, 0.717) is 6.61 Å². The summed E-state index contributed by atoms with van der Waals surface area (Å²) in [5.74, 6) is 3.58. The van der Waals surface area contributed by atoms with Gasteiger partial charge >= 0.3 is 0 Å². The normalized spacial score (nSPS) is 17.3. The molecule has 3 aromatic rings. The molecule has 8 nitrogen and oxygen atoms in total. The highest BCUT2D eigenvalue weighted by molar-refractivity contribution is 5.96. The van der Waals surface area contributed by atoms with Crippen LogP contribution >= 0.6 is 0 Å². The van der Waals surface area contributed by atoms with Crippen molar-refractivity contribution in [1.29, 1.82) is 0 Å². The van der Waals surface area contributed by atoms with Gasteiger partial charge in [0.05, 0.1) is 6.61 Å². The number of anilines is 4. The minimum Gasteiger partial charge on any atom is -0.384 e. The first-order valence-corrected chi connectivity index (χ1v) is 11.6. The molecule has 3 aromatic heterocycles. The van der Waals surface area contributed by atoms with E-state index in [4.69, 9.17) is 19.7 Å². The Hall–Kier alpha value is -3.00. The Bertz CT molecular complexity index is 1080. The molecule has 0 aromatic carbocycles. The fourth-order valence-corrected chi connectivity index (χ4v) is 4.52. The Labute approximate surface area is 189 Å². The molecule has 8 heteroatoms. The summed E-state index contributed by atoms with van der Waals surface area (Å²) in [6, 6.07) is 4.01. The molecule has 1 N–H and O–H groups in total. The summed E-state index contributed by atoms with van der Waals surface area (Å²) in [4.78, 5) is 23.3. The van der Waals surface area contributed by atoms with E-state index in [1.165, 1.54) is 31.2 Å². The van der Waals surface area contributed by atoms with Gasteiger partial charge in [0.2, 0.25) is 5.95 Å². The molecule has 0 spiro atoms. The Morgan fingerprint density at radius 2 is 1.75 bits per heavy atom. The van der Waals surface area contributed by atoms with Crippen LogP contribution in [-0.4, -0.2) is 59.8 Å². The van der Waals surface area contributed by atoms with Crippen LogP contribution in [0.5, 0.6) is 0 Å². The number of aromatic nitrogens is 4. The first-order valence-electron chi connectivity index (χ1n) is 11.6. The third-order valence-corrected chi connectivity index (χ3v) is 6.42. The van der Waals surface area contributed by atoms with Crippen molar-refractivity contribution in [3.8, 4) is 0 Å². The van der Waals surface area contributed by atoms with Gasteiger partial charge in [-0.05, 0) is 48.8 Å². The number of ether oxygens (including phenoxy) is 1. The average molecular weight is 434 g/mol. The Balaban J connectivity index is 1.47. The van der Waals surface area contributed by atoms with Crippen molar-refractivity contribution in [1.82, 2.24) is 19.9 Å². The van der Waals surface area contributed by atoms with Gasteiger partial charge in [0, 0.05) is 63.2 Å². The predicted octanol–water partition coefficient (Wildman–Crippen LogP) is 4.11. The van der Waals surface area contributed by atoms with Crippen molar-refractivity contribution in [2.45, 2.75) is 38.5 Å². The lowest BCUT2D eigenvalue weighted by atomic mass is 9.97. The second-order valence-corrected chi connectivity index (χ2v) is 8.76. The van der Waals surface area contributed by atoms with Crippen LogP contribution in [-0.2, 0) is 4.74 Å². The third-order valence-electron chi connectivity index (χ3n) is 6.42. The second-order valence-electron chi connectivity index (χ2n) is 8.76. The number of piperidine rings is 1. The second kappa shape index (κ2) is 9.24. The van der Waals surface area contributed by atoms with Gasteiger partial charge in [-0.15, -0.1) is 0 Å². The van der Waals surface area contributed by atoms with Crippen molar-refractivity contribution in [2.24, 2.45) is 0 Å². The average Bonchev–Trinajstić information content (AvgIpc) is 2.79. The zero-order valence-electron chi connectivity index (χ0n) is 18.9. The van der Waals surface area contributed by atoms with Crippen molar-refractivity contribution in [3.63, 3.8) is 0 Å². The third kappa shape index (κ3) is 4.19. The first kappa shape index (κ1) is 20.9. The number of hydrogen-bond donors (Lipinski definition) is 1. The number of pyridine rings is 2. The number of nitrogens with one attached hydrogen (secondary N) is 1. The number of methoxy groups -OCH3 is 1. The van der Waals surface area contributed by atoms with E-state index in [9.17, 15) is 0 Å². The van der Waals surface area contributed by atoms with E-state index in [0.717, 1.165) is 60.4 Å². The fourth-order valence-electron chi connectivity index (χ4n) is 4.52. The maximum atomic E-state index is 5.42. The molecule has 1 unspecified atom stereocenters. The number of hydrogen-bond acceptors (Lipinski definition) is 8. The van der Waals surface area contributed by atoms with Crippen LogP contribution in [0.1, 0.15) is 44.1 Å². The standard InChI is InChI=1S/C24H31N7O/c1-17(16-32-2)19-14-27-23(30-11-6-12-30)20-15-26-22(13-18(19)20)28-21-7-8-25-24(29-21)31-9-4-3-5-10-31/h7-8,13-15,17H,3-6,9-12,16H2,1-2H3,(H,25,26,28,29). The maximum Gasteiger partial charge on any atom is 0.227 e. The van der Waals surface area contributed by atoms with Gasteiger partial charge in [-0.25, -0.2) is 15.0 Å². The maximum absolute atomic E-state index is 5.42. The summed E-state index contributed by atoms with van der Waals surface area (Å²) < 4.78 is 5.42. The SMILES string of the molecule is COCC(C)c1cnc(N2CCC2)c2cnc(Nc3ccnc(N4CCCCC4)n3)cc12. The molecule has 2 saturated heterocycles. The molecule has 5 rings (SSSR count). The molecule has 0 saturated carbocycles. The minimum absolute atomic E-state index is 0.237. The van der Waals surface area contributed by atoms with Crippen LogP contribution in [0.4, 0.5) is 23.4 Å². The van der Waals surface area contributed by atoms with Crippen LogP contribution in [0.25, 0.3) is 10.8 Å². The molecular weight excluding hydrogens is 402 g/mol. The van der Waals surface area contributed by atoms with Crippen molar-refractivity contribution >= 4 is 34.2 Å². The van der Waals surface area contributed by atoms with E-state index in [1.54, 1.807) is 7.11 Å². The lowest BCUT2D eigenvalue weighted by Crippen LogP contribution is -2.37. The van der Waals surface area contributed by atoms with E-state index < -0.39 is 0 Å². The van der Waals surface area contributed by atoms with Crippen molar-refractivity contribution in [3.05, 3.63) is 36.3 Å². The zero-order valence-corrected chi connectivity index (χ0v) is 18.9. The van der Waals surface area contributed by atoms with Crippen LogP contribution < -0.4 is 15.1 Å². The first-order chi connectivity index (χ1) is 15.7. The Morgan fingerprint density at radius 3 is 2.50 bits per heavy atom. The fraction of sp³-hybridized carbons (Fsp3) is 0.500. The Kier molecular flexibility index (Phi) is 6.03. The summed E-state index contributed by atoms with van der Waals surface area (Å²) in [6.07, 6.45) is 10.7. The zero-order chi connectivity index (χ0) is 21.9. The number of nitrogens with zero attached hydrogens (tertiary/aromatic N) is 6. The molecular formula is C24H31N7O. The number of rotatable bonds is 7. The highest BCUT2D eigenvalue weighted by atomic mass is 16.5. The summed E-state index contributed by atoms with van der Waals surface area (Å²) in [6.45, 7) is 6.96. The summed E-state index contributed by atoms with van der Waals surface area (Å²) in [5.41, 5.74) is 1.17. The molecule has 2 aliphatic rings. The smallest absolute Gasteiger partial charge is 0.227 e. The molecule has 2 aliphatic heterocycles. The summed E-state index contributed by atoms with van der Waals surface area (Å²) in [7, 11) is 1.74. The molecule has 1 atom stereocenters. The van der Waals surface area contributed by atoms with Gasteiger partial charge in [0.25, 0.3) is 0 Å². The van der Waals surface area contributed by atoms with Gasteiger partial charge in [-0.1, -0.05) is 6.92 Å². The van der Waals surface area contributed by atoms with Gasteiger partial charge in [-0.3, -0.25) is 0 Å². The van der Waals surface area contributed by atoms with Crippen molar-refractivity contribution in [2.75, 3.05) is 55.0 Å². The topological polar surface area (TPSA) is 79.3 Å². The van der Waals surface area contributed by atoms with Crippen LogP contribution in [0, 0.1) is 0 Å². The van der Waals surface area contributed by atoms with Gasteiger partial charge in [-0.2, -0.15) is 4.98 Å². The van der Waals surface area contributed by atoms with Crippen LogP contribution in [0.3, 0.4) is 0 Å². The minimum atomic E-state index is 0.237. The molecule has 5 heterocycles. The quantitative estimate of drug-likeness (QED) is 0.596. The number of fused-ring (bicyclic) bond motifs is 1. The lowest BCUT2D eigenvalue weighted by Gasteiger charge is -2.33. The summed E-state index contributed by atoms with van der Waals surface area (Å²) >= 11 is 0. The molecule has 0 aliphatic carbocycles. The van der Waals surface area contributed by atoms with E-state index in [-0.39, 0.29) is 5.92 Å². The Morgan fingerprint density at radius 1 is 0.938 bits per heavy atom. The molecule has 32 heavy (non-hydrogen) atoms. The predicted molar refractivity (Wildman–Crippen MR) is 128 cm³/mol. The largest absolute Gasteiger partial charge is 0.384 e. The molecule has 2 fully saturated rings. The lowest BCUT2D eigenvalue weighted by molar-refractivity contribution is 0.184. The molecule has 0 amide bonds. The monoisotopic (exact) mass is 433 g/mol. The van der Waals surface area contributed by atoms with Gasteiger partial charge in [0.1, 0.15) is 17.5 Å². The van der Waals surface area contributed by atoms with Gasteiger partial charge < -0.3 is 19.9 Å². The van der Waals surface area contributed by atoms with E-state index in [1.807, 2.05) is 24.7 Å².